The Hall–Kier alpha value is 0.740. The first-order chi connectivity index (χ1) is 8.08. The lowest BCUT2D eigenvalue weighted by Crippen LogP contribution is -2.06. The standard InChI is InChI=1S/C9H19O4PS3/c1-4-11-9(10)7-16-8-17-14(15,12-5-2)13-6-3/h4-8H2,1-3H3. The molecular formula is C9H19O4PS3. The number of hydrogen-bond donors (Lipinski definition) is 0. The molecule has 17 heavy (non-hydrogen) atoms. The SMILES string of the molecule is CCOC(=O)CSCSP(=S)(OCC)OCC. The second-order valence-electron chi connectivity index (χ2n) is 2.68. The molecule has 0 bridgehead atoms. The number of ether oxygens (including phenoxy) is 1. The maximum Gasteiger partial charge on any atom is 0.315 e. The predicted molar refractivity (Wildman–Crippen MR) is 79.1 cm³/mol. The van der Waals surface area contributed by atoms with Crippen LogP contribution < -0.4 is 0 Å². The van der Waals surface area contributed by atoms with Gasteiger partial charge in [0.1, 0.15) is 0 Å². The Bertz CT molecular complexity index is 253. The summed E-state index contributed by atoms with van der Waals surface area (Å²) in [5.41, 5.74) is -2.22. The summed E-state index contributed by atoms with van der Waals surface area (Å²) in [6.45, 7) is 7.10. The molecule has 0 radical (unpaired) electrons. The van der Waals surface area contributed by atoms with Crippen molar-refractivity contribution in [2.24, 2.45) is 0 Å². The molecule has 4 nitrogen and oxygen atoms in total. The molecule has 0 fully saturated rings. The monoisotopic (exact) mass is 318 g/mol. The van der Waals surface area contributed by atoms with Gasteiger partial charge in [-0.2, -0.15) is 0 Å². The smallest absolute Gasteiger partial charge is 0.315 e. The molecule has 0 aliphatic heterocycles. The Balaban J connectivity index is 3.82. The van der Waals surface area contributed by atoms with Gasteiger partial charge in [0, 0.05) is 5.08 Å². The molecule has 0 amide bonds. The highest BCUT2D eigenvalue weighted by atomic mass is 32.9. The quantitative estimate of drug-likeness (QED) is 0.265. The molecule has 0 saturated heterocycles. The summed E-state index contributed by atoms with van der Waals surface area (Å²) in [5, 5.41) is 0.677. The van der Waals surface area contributed by atoms with Gasteiger partial charge in [0.25, 0.3) is 0 Å². The molecule has 0 aliphatic rings. The fourth-order valence-electron chi connectivity index (χ4n) is 0.858. The highest BCUT2D eigenvalue weighted by Gasteiger charge is 2.18. The lowest BCUT2D eigenvalue weighted by atomic mass is 10.8. The van der Waals surface area contributed by atoms with Crippen molar-refractivity contribution >= 4 is 46.6 Å². The summed E-state index contributed by atoms with van der Waals surface area (Å²) in [5.74, 6) is 0.147. The number of esters is 1. The minimum atomic E-state index is -2.22. The van der Waals surface area contributed by atoms with E-state index in [4.69, 9.17) is 25.6 Å². The Kier molecular flexibility index (Phi) is 11.1. The third kappa shape index (κ3) is 9.33. The van der Waals surface area contributed by atoms with E-state index in [2.05, 4.69) is 0 Å². The van der Waals surface area contributed by atoms with Crippen molar-refractivity contribution in [1.82, 2.24) is 0 Å². The number of thioether (sulfide) groups is 1. The zero-order valence-electron chi connectivity index (χ0n) is 10.3. The molecule has 0 aliphatic carbocycles. The zero-order valence-corrected chi connectivity index (χ0v) is 13.7. The van der Waals surface area contributed by atoms with Crippen molar-refractivity contribution < 1.29 is 18.6 Å². The van der Waals surface area contributed by atoms with Crippen LogP contribution in [0.25, 0.3) is 0 Å². The van der Waals surface area contributed by atoms with Gasteiger partial charge in [0.2, 0.25) is 5.69 Å². The van der Waals surface area contributed by atoms with Gasteiger partial charge in [0.05, 0.1) is 25.6 Å². The van der Waals surface area contributed by atoms with E-state index in [1.54, 1.807) is 6.92 Å². The van der Waals surface area contributed by atoms with Gasteiger partial charge >= 0.3 is 5.97 Å². The van der Waals surface area contributed by atoms with Crippen LogP contribution in [0.2, 0.25) is 0 Å². The minimum Gasteiger partial charge on any atom is -0.465 e. The average Bonchev–Trinajstić information content (AvgIpc) is 2.26. The van der Waals surface area contributed by atoms with E-state index in [0.717, 1.165) is 0 Å². The molecule has 0 aromatic rings. The number of carbonyl (C=O) groups excluding carboxylic acids is 1. The van der Waals surface area contributed by atoms with Gasteiger partial charge < -0.3 is 13.8 Å². The van der Waals surface area contributed by atoms with Crippen molar-refractivity contribution in [3.8, 4) is 0 Å². The number of rotatable bonds is 10. The normalized spacial score (nSPS) is 11.5. The van der Waals surface area contributed by atoms with E-state index in [9.17, 15) is 4.79 Å². The fourth-order valence-corrected chi connectivity index (χ4v) is 7.82. The van der Waals surface area contributed by atoms with Crippen molar-refractivity contribution in [1.29, 1.82) is 0 Å². The molecule has 0 spiro atoms. The van der Waals surface area contributed by atoms with Crippen LogP contribution >= 0.6 is 28.8 Å². The Labute approximate surface area is 116 Å². The Morgan fingerprint density at radius 2 is 1.76 bits per heavy atom. The highest BCUT2D eigenvalue weighted by molar-refractivity contribution is 8.69. The van der Waals surface area contributed by atoms with Gasteiger partial charge in [0.15, 0.2) is 0 Å². The van der Waals surface area contributed by atoms with Crippen LogP contribution in [-0.4, -0.2) is 36.6 Å². The van der Waals surface area contributed by atoms with Crippen molar-refractivity contribution in [2.75, 3.05) is 30.7 Å². The van der Waals surface area contributed by atoms with Crippen LogP contribution in [0.3, 0.4) is 0 Å². The number of hydrogen-bond acceptors (Lipinski definition) is 7. The molecule has 0 aromatic carbocycles. The second-order valence-corrected chi connectivity index (χ2v) is 10.3. The van der Waals surface area contributed by atoms with E-state index < -0.39 is 5.69 Å². The third-order valence-corrected chi connectivity index (χ3v) is 8.50. The summed E-state index contributed by atoms with van der Waals surface area (Å²) in [4.78, 5) is 11.1. The Morgan fingerprint density at radius 1 is 1.18 bits per heavy atom. The molecular weight excluding hydrogens is 299 g/mol. The van der Waals surface area contributed by atoms with Gasteiger partial charge in [-0.05, 0) is 32.6 Å². The summed E-state index contributed by atoms with van der Waals surface area (Å²) in [7, 11) is 0. The maximum atomic E-state index is 11.1. The average molecular weight is 318 g/mol. The van der Waals surface area contributed by atoms with Crippen LogP contribution in [0.4, 0.5) is 0 Å². The lowest BCUT2D eigenvalue weighted by molar-refractivity contribution is -0.139. The molecule has 8 heteroatoms. The van der Waals surface area contributed by atoms with Crippen molar-refractivity contribution in [2.45, 2.75) is 20.8 Å². The van der Waals surface area contributed by atoms with Crippen LogP contribution in [0.15, 0.2) is 0 Å². The lowest BCUT2D eigenvalue weighted by Gasteiger charge is -2.19. The molecule has 0 rings (SSSR count). The first-order valence-corrected chi connectivity index (χ1v) is 10.7. The summed E-state index contributed by atoms with van der Waals surface area (Å²) < 4.78 is 15.7. The third-order valence-electron chi connectivity index (χ3n) is 1.39. The summed E-state index contributed by atoms with van der Waals surface area (Å²) >= 11 is 8.27. The Morgan fingerprint density at radius 3 is 2.24 bits per heavy atom. The van der Waals surface area contributed by atoms with Gasteiger partial charge in [-0.1, -0.05) is 11.4 Å². The molecule has 0 aromatic heterocycles. The van der Waals surface area contributed by atoms with Crippen LogP contribution in [0.1, 0.15) is 20.8 Å². The van der Waals surface area contributed by atoms with E-state index in [1.165, 1.54) is 23.1 Å². The molecule has 0 N–H and O–H groups in total. The van der Waals surface area contributed by atoms with E-state index in [-0.39, 0.29) is 5.97 Å². The van der Waals surface area contributed by atoms with Gasteiger partial charge in [-0.25, -0.2) is 0 Å². The molecule has 102 valence electrons. The zero-order chi connectivity index (χ0) is 13.1. The summed E-state index contributed by atoms with van der Waals surface area (Å²) in [6.07, 6.45) is 0. The highest BCUT2D eigenvalue weighted by Crippen LogP contribution is 2.61. The van der Waals surface area contributed by atoms with Crippen molar-refractivity contribution in [3.05, 3.63) is 0 Å². The van der Waals surface area contributed by atoms with E-state index in [1.807, 2.05) is 13.8 Å². The largest absolute Gasteiger partial charge is 0.465 e. The van der Waals surface area contributed by atoms with Crippen molar-refractivity contribution in [3.63, 3.8) is 0 Å². The topological polar surface area (TPSA) is 44.8 Å². The van der Waals surface area contributed by atoms with Crippen LogP contribution in [-0.2, 0) is 30.4 Å². The van der Waals surface area contributed by atoms with Crippen LogP contribution in [0, 0.1) is 0 Å². The summed E-state index contributed by atoms with van der Waals surface area (Å²) in [6, 6.07) is 0. The van der Waals surface area contributed by atoms with Gasteiger partial charge in [-0.3, -0.25) is 4.79 Å². The fraction of sp³-hybridized carbons (Fsp3) is 0.889. The molecule has 0 saturated carbocycles. The molecule has 0 unspecified atom stereocenters. The van der Waals surface area contributed by atoms with E-state index >= 15 is 0 Å². The van der Waals surface area contributed by atoms with Crippen LogP contribution in [0.5, 0.6) is 0 Å². The predicted octanol–water partition coefficient (Wildman–Crippen LogP) is 3.27. The second kappa shape index (κ2) is 10.6. The van der Waals surface area contributed by atoms with E-state index in [0.29, 0.717) is 30.7 Å². The van der Waals surface area contributed by atoms with Gasteiger partial charge in [-0.15, -0.1) is 11.8 Å². The molecule has 0 atom stereocenters. The minimum absolute atomic E-state index is 0.195. The maximum absolute atomic E-state index is 11.1. The molecule has 0 heterocycles. The number of carbonyl (C=O) groups is 1. The first-order valence-electron chi connectivity index (χ1n) is 5.35. The first kappa shape index (κ1) is 17.7.